The molecule has 1 atom stereocenters. The SMILES string of the molecule is CC1CN(C(=O)c2ccc(C(=O)C(F)(F)F)s2)CCN1C.O=C(O)C(F)(F)F. The molecule has 0 radical (unpaired) electrons. The number of nitrogens with zero attached hydrogens (tertiary/aromatic N) is 2. The van der Waals surface area contributed by atoms with Crippen molar-refractivity contribution in [3.05, 3.63) is 21.9 Å². The van der Waals surface area contributed by atoms with Gasteiger partial charge in [-0.25, -0.2) is 4.79 Å². The Hall–Kier alpha value is -2.15. The molecule has 2 rings (SSSR count). The highest BCUT2D eigenvalue weighted by molar-refractivity contribution is 7.16. The van der Waals surface area contributed by atoms with Crippen LogP contribution in [0.25, 0.3) is 0 Å². The quantitative estimate of drug-likeness (QED) is 0.572. The first-order valence-electron chi connectivity index (χ1n) is 7.65. The Balaban J connectivity index is 0.000000480. The van der Waals surface area contributed by atoms with Crippen molar-refractivity contribution in [3.63, 3.8) is 0 Å². The van der Waals surface area contributed by atoms with E-state index in [-0.39, 0.29) is 16.8 Å². The average Bonchev–Trinajstić information content (AvgIpc) is 3.04. The van der Waals surface area contributed by atoms with Crippen LogP contribution in [-0.2, 0) is 4.79 Å². The summed E-state index contributed by atoms with van der Waals surface area (Å²) in [5.74, 6) is -4.98. The first-order chi connectivity index (χ1) is 12.6. The van der Waals surface area contributed by atoms with Gasteiger partial charge in [-0.1, -0.05) is 0 Å². The van der Waals surface area contributed by atoms with Crippen molar-refractivity contribution in [1.82, 2.24) is 9.80 Å². The summed E-state index contributed by atoms with van der Waals surface area (Å²) in [5, 5.41) is 7.12. The van der Waals surface area contributed by atoms with Crippen LogP contribution in [0.3, 0.4) is 0 Å². The number of carbonyl (C=O) groups excluding carboxylic acids is 2. The molecule has 1 saturated heterocycles. The minimum absolute atomic E-state index is 0.166. The van der Waals surface area contributed by atoms with Crippen LogP contribution in [0.15, 0.2) is 12.1 Å². The third kappa shape index (κ3) is 6.48. The van der Waals surface area contributed by atoms with Gasteiger partial charge < -0.3 is 14.9 Å². The number of aliphatic carboxylic acids is 1. The van der Waals surface area contributed by atoms with E-state index in [1.165, 1.54) is 6.07 Å². The Bertz CT molecular complexity index is 731. The van der Waals surface area contributed by atoms with Gasteiger partial charge in [-0.15, -0.1) is 11.3 Å². The number of hydrogen-bond acceptors (Lipinski definition) is 5. The summed E-state index contributed by atoms with van der Waals surface area (Å²) in [5.41, 5.74) is 0. The number of halogens is 6. The second-order valence-corrected chi connectivity index (χ2v) is 6.96. The van der Waals surface area contributed by atoms with Gasteiger partial charge in [-0.05, 0) is 26.1 Å². The second kappa shape index (κ2) is 8.90. The van der Waals surface area contributed by atoms with Crippen LogP contribution in [0, 0.1) is 0 Å². The van der Waals surface area contributed by atoms with Gasteiger partial charge in [0.1, 0.15) is 0 Å². The van der Waals surface area contributed by atoms with Crippen LogP contribution in [0.5, 0.6) is 0 Å². The lowest BCUT2D eigenvalue weighted by molar-refractivity contribution is -0.192. The standard InChI is InChI=1S/C13H15F3N2O2S.C2HF3O2/c1-8-7-18(6-5-17(8)2)12(20)10-4-3-9(21-10)11(19)13(14,15)16;3-2(4,5)1(6)7/h3-4,8H,5-7H2,1-2H3;(H,6,7). The molecule has 0 saturated carbocycles. The number of thiophene rings is 1. The molecule has 1 fully saturated rings. The topological polar surface area (TPSA) is 77.9 Å². The largest absolute Gasteiger partial charge is 0.490 e. The highest BCUT2D eigenvalue weighted by Gasteiger charge is 2.40. The maximum atomic E-state index is 12.4. The third-order valence-electron chi connectivity index (χ3n) is 3.79. The number of piperazine rings is 1. The Morgan fingerprint density at radius 1 is 1.04 bits per heavy atom. The number of likely N-dealkylation sites (N-methyl/N-ethyl adjacent to an activating group) is 1. The number of amides is 1. The number of Topliss-reactive ketones (excluding diaryl/α,β-unsaturated/α-hetero) is 1. The molecule has 1 aliphatic heterocycles. The molecule has 0 bridgehead atoms. The molecule has 0 aliphatic carbocycles. The lowest BCUT2D eigenvalue weighted by atomic mass is 10.2. The molecule has 1 amide bonds. The van der Waals surface area contributed by atoms with Crippen molar-refractivity contribution in [1.29, 1.82) is 0 Å². The molecule has 0 spiro atoms. The predicted octanol–water partition coefficient (Wildman–Crippen LogP) is 2.90. The Labute approximate surface area is 159 Å². The van der Waals surface area contributed by atoms with E-state index in [1.807, 2.05) is 14.0 Å². The molecule has 1 unspecified atom stereocenters. The lowest BCUT2D eigenvalue weighted by Gasteiger charge is -2.37. The fourth-order valence-corrected chi connectivity index (χ4v) is 3.04. The summed E-state index contributed by atoms with van der Waals surface area (Å²) in [6.45, 7) is 3.75. The van der Waals surface area contributed by atoms with E-state index in [4.69, 9.17) is 9.90 Å². The first-order valence-corrected chi connectivity index (χ1v) is 8.47. The lowest BCUT2D eigenvalue weighted by Crippen LogP contribution is -2.51. The number of carbonyl (C=O) groups is 3. The highest BCUT2D eigenvalue weighted by Crippen LogP contribution is 2.27. The maximum Gasteiger partial charge on any atom is 0.490 e. The molecule has 2 heterocycles. The van der Waals surface area contributed by atoms with Gasteiger partial charge >= 0.3 is 18.3 Å². The minimum Gasteiger partial charge on any atom is -0.475 e. The predicted molar refractivity (Wildman–Crippen MR) is 86.4 cm³/mol. The molecule has 1 N–H and O–H groups in total. The van der Waals surface area contributed by atoms with Gasteiger partial charge in [0.15, 0.2) is 0 Å². The molecular formula is C15H16F6N2O4S. The van der Waals surface area contributed by atoms with Gasteiger partial charge in [-0.3, -0.25) is 9.59 Å². The molecule has 1 aromatic heterocycles. The molecule has 1 aliphatic rings. The second-order valence-electron chi connectivity index (χ2n) is 5.87. The van der Waals surface area contributed by atoms with E-state index in [0.29, 0.717) is 31.0 Å². The van der Waals surface area contributed by atoms with Crippen molar-refractivity contribution in [2.45, 2.75) is 25.3 Å². The van der Waals surface area contributed by atoms with Gasteiger partial charge in [0.05, 0.1) is 9.75 Å². The molecule has 158 valence electrons. The molecule has 6 nitrogen and oxygen atoms in total. The summed E-state index contributed by atoms with van der Waals surface area (Å²) < 4.78 is 68.8. The fourth-order valence-electron chi connectivity index (χ4n) is 2.10. The Morgan fingerprint density at radius 3 is 1.96 bits per heavy atom. The van der Waals surface area contributed by atoms with E-state index in [0.717, 1.165) is 6.07 Å². The number of carboxylic acid groups (broad SMARTS) is 1. The summed E-state index contributed by atoms with van der Waals surface area (Å²) in [6.07, 6.45) is -9.99. The van der Waals surface area contributed by atoms with Crippen LogP contribution in [0.2, 0.25) is 0 Å². The van der Waals surface area contributed by atoms with Crippen molar-refractivity contribution >= 4 is 29.0 Å². The van der Waals surface area contributed by atoms with Crippen molar-refractivity contribution in [2.24, 2.45) is 0 Å². The van der Waals surface area contributed by atoms with Gasteiger partial charge in [0, 0.05) is 25.7 Å². The molecule has 1 aromatic rings. The van der Waals surface area contributed by atoms with E-state index >= 15 is 0 Å². The number of alkyl halides is 6. The van der Waals surface area contributed by atoms with Crippen molar-refractivity contribution in [3.8, 4) is 0 Å². The average molecular weight is 434 g/mol. The fraction of sp³-hybridized carbons (Fsp3) is 0.533. The highest BCUT2D eigenvalue weighted by atomic mass is 32.1. The van der Waals surface area contributed by atoms with E-state index < -0.39 is 29.0 Å². The number of carboxylic acids is 1. The monoisotopic (exact) mass is 434 g/mol. The van der Waals surface area contributed by atoms with E-state index in [1.54, 1.807) is 4.90 Å². The van der Waals surface area contributed by atoms with Crippen LogP contribution in [-0.4, -0.2) is 77.6 Å². The smallest absolute Gasteiger partial charge is 0.475 e. The Morgan fingerprint density at radius 2 is 1.54 bits per heavy atom. The Kier molecular flexibility index (Phi) is 7.59. The van der Waals surface area contributed by atoms with Crippen LogP contribution >= 0.6 is 11.3 Å². The molecule has 0 aromatic carbocycles. The minimum atomic E-state index is -5.08. The normalized spacial score (nSPS) is 18.3. The number of ketones is 1. The summed E-state index contributed by atoms with van der Waals surface area (Å²) in [4.78, 5) is 35.7. The van der Waals surface area contributed by atoms with Crippen LogP contribution < -0.4 is 0 Å². The summed E-state index contributed by atoms with van der Waals surface area (Å²) in [7, 11) is 1.96. The van der Waals surface area contributed by atoms with Gasteiger partial charge in [0.2, 0.25) is 0 Å². The maximum absolute atomic E-state index is 12.4. The third-order valence-corrected chi connectivity index (χ3v) is 4.86. The van der Waals surface area contributed by atoms with Gasteiger partial charge in [-0.2, -0.15) is 26.3 Å². The van der Waals surface area contributed by atoms with Gasteiger partial charge in [0.25, 0.3) is 11.7 Å². The first kappa shape index (κ1) is 23.9. The number of hydrogen-bond donors (Lipinski definition) is 1. The molecular weight excluding hydrogens is 418 g/mol. The zero-order valence-corrected chi connectivity index (χ0v) is 15.4. The van der Waals surface area contributed by atoms with E-state index in [2.05, 4.69) is 4.90 Å². The van der Waals surface area contributed by atoms with Crippen LogP contribution in [0.4, 0.5) is 26.3 Å². The molecule has 28 heavy (non-hydrogen) atoms. The van der Waals surface area contributed by atoms with Crippen LogP contribution in [0.1, 0.15) is 26.3 Å². The zero-order chi connectivity index (χ0) is 21.9. The summed E-state index contributed by atoms with van der Waals surface area (Å²) >= 11 is 0.597. The van der Waals surface area contributed by atoms with Crippen molar-refractivity contribution < 1.29 is 45.8 Å². The molecule has 13 heteroatoms. The zero-order valence-electron chi connectivity index (χ0n) is 14.6. The summed E-state index contributed by atoms with van der Waals surface area (Å²) in [6, 6.07) is 2.54. The van der Waals surface area contributed by atoms with E-state index in [9.17, 15) is 35.9 Å². The van der Waals surface area contributed by atoms with Crippen molar-refractivity contribution in [2.75, 3.05) is 26.7 Å². The number of rotatable bonds is 2.